The van der Waals surface area contributed by atoms with Crippen LogP contribution in [0.5, 0.6) is 0 Å². The third kappa shape index (κ3) is 1.84. The molecule has 1 aromatic heterocycles. The highest BCUT2D eigenvalue weighted by Crippen LogP contribution is 2.52. The van der Waals surface area contributed by atoms with E-state index in [1.54, 1.807) is 0 Å². The Kier molecular flexibility index (Phi) is 2.35. The number of alkyl halides is 3. The van der Waals surface area contributed by atoms with E-state index >= 15 is 0 Å². The first kappa shape index (κ1) is 11.8. The molecule has 1 aliphatic carbocycles. The number of rotatable bonds is 1. The number of nitrogens with zero attached hydrogens (tertiary/aromatic N) is 2. The van der Waals surface area contributed by atoms with Crippen molar-refractivity contribution in [2.75, 3.05) is 18.0 Å². The van der Waals surface area contributed by atoms with Gasteiger partial charge in [-0.15, -0.1) is 0 Å². The fourth-order valence-corrected chi connectivity index (χ4v) is 2.62. The molecule has 1 aliphatic heterocycles. The van der Waals surface area contributed by atoms with Gasteiger partial charge < -0.3 is 10.6 Å². The lowest BCUT2D eigenvalue weighted by molar-refractivity contribution is -0.141. The van der Waals surface area contributed by atoms with Crippen LogP contribution in [0.2, 0.25) is 0 Å². The highest BCUT2D eigenvalue weighted by Gasteiger charge is 2.53. The average Bonchev–Trinajstić information content (AvgIpc) is 3.00. The van der Waals surface area contributed by atoms with Crippen molar-refractivity contribution in [3.8, 4) is 0 Å². The molecular weight excluding hydrogens is 243 g/mol. The molecular formula is C12H14F3N3. The predicted molar refractivity (Wildman–Crippen MR) is 61.1 cm³/mol. The van der Waals surface area contributed by atoms with Crippen LogP contribution in [-0.2, 0) is 6.18 Å². The first-order valence-corrected chi connectivity index (χ1v) is 5.95. The number of aromatic nitrogens is 1. The van der Waals surface area contributed by atoms with E-state index < -0.39 is 11.9 Å². The van der Waals surface area contributed by atoms with Crippen molar-refractivity contribution in [3.63, 3.8) is 0 Å². The Morgan fingerprint density at radius 1 is 1.33 bits per heavy atom. The van der Waals surface area contributed by atoms with Crippen LogP contribution in [0, 0.1) is 5.41 Å². The molecule has 2 aliphatic rings. The molecule has 0 radical (unpaired) electrons. The summed E-state index contributed by atoms with van der Waals surface area (Å²) in [7, 11) is 0. The molecule has 0 bridgehead atoms. The van der Waals surface area contributed by atoms with Crippen LogP contribution < -0.4 is 10.6 Å². The molecule has 3 nitrogen and oxygen atoms in total. The van der Waals surface area contributed by atoms with Crippen LogP contribution in [0.1, 0.15) is 18.5 Å². The third-order valence-corrected chi connectivity index (χ3v) is 4.01. The summed E-state index contributed by atoms with van der Waals surface area (Å²) in [6.07, 6.45) is -0.841. The largest absolute Gasteiger partial charge is 0.433 e. The Hall–Kier alpha value is -1.30. The van der Waals surface area contributed by atoms with Crippen LogP contribution in [0.3, 0.4) is 0 Å². The van der Waals surface area contributed by atoms with E-state index in [9.17, 15) is 13.2 Å². The number of hydrogen-bond acceptors (Lipinski definition) is 3. The minimum atomic E-state index is -4.38. The van der Waals surface area contributed by atoms with E-state index in [4.69, 9.17) is 5.73 Å². The van der Waals surface area contributed by atoms with Crippen molar-refractivity contribution in [2.45, 2.75) is 25.1 Å². The minimum absolute atomic E-state index is 0.125. The summed E-state index contributed by atoms with van der Waals surface area (Å²) in [5, 5.41) is 0. The summed E-state index contributed by atoms with van der Waals surface area (Å²) in [4.78, 5) is 5.51. The van der Waals surface area contributed by atoms with Crippen LogP contribution in [0.25, 0.3) is 0 Å². The number of nitrogens with two attached hydrogens (primary N) is 1. The maximum Gasteiger partial charge on any atom is 0.433 e. The Morgan fingerprint density at radius 2 is 2.06 bits per heavy atom. The molecule has 98 valence electrons. The maximum atomic E-state index is 12.4. The highest BCUT2D eigenvalue weighted by molar-refractivity contribution is 5.48. The van der Waals surface area contributed by atoms with Gasteiger partial charge in [-0.05, 0) is 25.0 Å². The molecule has 6 heteroatoms. The van der Waals surface area contributed by atoms with Crippen molar-refractivity contribution in [3.05, 3.63) is 24.0 Å². The third-order valence-electron chi connectivity index (χ3n) is 4.01. The van der Waals surface area contributed by atoms with Crippen LogP contribution in [0.15, 0.2) is 18.3 Å². The number of pyridine rings is 1. The van der Waals surface area contributed by atoms with Gasteiger partial charge >= 0.3 is 6.18 Å². The van der Waals surface area contributed by atoms with Gasteiger partial charge in [0.15, 0.2) is 0 Å². The van der Waals surface area contributed by atoms with E-state index in [2.05, 4.69) is 4.98 Å². The Bertz CT molecular complexity index is 451. The molecule has 1 saturated heterocycles. The monoisotopic (exact) mass is 257 g/mol. The van der Waals surface area contributed by atoms with Gasteiger partial charge in [0.1, 0.15) is 5.69 Å². The second-order valence-corrected chi connectivity index (χ2v) is 5.25. The lowest BCUT2D eigenvalue weighted by atomic mass is 10.0. The van der Waals surface area contributed by atoms with Crippen molar-refractivity contribution in [1.29, 1.82) is 0 Å². The molecule has 1 unspecified atom stereocenters. The van der Waals surface area contributed by atoms with Gasteiger partial charge in [0.25, 0.3) is 0 Å². The number of hydrogen-bond donors (Lipinski definition) is 1. The molecule has 1 atom stereocenters. The van der Waals surface area contributed by atoms with E-state index in [1.807, 2.05) is 4.90 Å². The summed E-state index contributed by atoms with van der Waals surface area (Å²) < 4.78 is 37.2. The zero-order valence-corrected chi connectivity index (χ0v) is 9.74. The van der Waals surface area contributed by atoms with E-state index in [-0.39, 0.29) is 11.5 Å². The summed E-state index contributed by atoms with van der Waals surface area (Å²) >= 11 is 0. The SMILES string of the molecule is NC1CN(c2ccc(C(F)(F)F)nc2)CC12CC2. The number of halogens is 3. The van der Waals surface area contributed by atoms with Gasteiger partial charge in [0.2, 0.25) is 0 Å². The molecule has 3 rings (SSSR count). The Morgan fingerprint density at radius 3 is 2.50 bits per heavy atom. The fourth-order valence-electron chi connectivity index (χ4n) is 2.62. The summed E-state index contributed by atoms with van der Waals surface area (Å²) in [6, 6.07) is 2.63. The minimum Gasteiger partial charge on any atom is -0.368 e. The van der Waals surface area contributed by atoms with E-state index in [1.165, 1.54) is 12.3 Å². The van der Waals surface area contributed by atoms with Gasteiger partial charge in [-0.3, -0.25) is 0 Å². The molecule has 1 saturated carbocycles. The predicted octanol–water partition coefficient (Wildman–Crippen LogP) is 2.03. The standard InChI is InChI=1S/C12H14F3N3/c13-12(14,15)10-2-1-8(5-17-10)18-6-9(16)11(7-18)3-4-11/h1-2,5,9H,3-4,6-7,16H2. The molecule has 2 fully saturated rings. The van der Waals surface area contributed by atoms with Gasteiger partial charge in [0.05, 0.1) is 11.9 Å². The van der Waals surface area contributed by atoms with Gasteiger partial charge in [-0.1, -0.05) is 0 Å². The quantitative estimate of drug-likeness (QED) is 0.837. The second-order valence-electron chi connectivity index (χ2n) is 5.25. The number of anilines is 1. The Labute approximate surface area is 103 Å². The van der Waals surface area contributed by atoms with Gasteiger partial charge in [0, 0.05) is 24.5 Å². The van der Waals surface area contributed by atoms with Gasteiger partial charge in [-0.25, -0.2) is 4.98 Å². The molecule has 0 aromatic carbocycles. The van der Waals surface area contributed by atoms with Crippen LogP contribution in [-0.4, -0.2) is 24.1 Å². The molecule has 0 amide bonds. The summed E-state index contributed by atoms with van der Waals surface area (Å²) in [5.74, 6) is 0. The fraction of sp³-hybridized carbons (Fsp3) is 0.583. The topological polar surface area (TPSA) is 42.1 Å². The van der Waals surface area contributed by atoms with Crippen LogP contribution in [0.4, 0.5) is 18.9 Å². The molecule has 2 heterocycles. The van der Waals surface area contributed by atoms with Crippen molar-refractivity contribution in [1.82, 2.24) is 4.98 Å². The normalized spacial score (nSPS) is 25.8. The molecule has 1 aromatic rings. The van der Waals surface area contributed by atoms with Crippen LogP contribution >= 0.6 is 0 Å². The Balaban J connectivity index is 1.78. The molecule has 2 N–H and O–H groups in total. The summed E-state index contributed by atoms with van der Waals surface area (Å²) in [5.41, 5.74) is 6.14. The first-order chi connectivity index (χ1) is 8.41. The molecule has 18 heavy (non-hydrogen) atoms. The average molecular weight is 257 g/mol. The lowest BCUT2D eigenvalue weighted by Gasteiger charge is -2.18. The highest BCUT2D eigenvalue weighted by atomic mass is 19.4. The van der Waals surface area contributed by atoms with E-state index in [0.717, 1.165) is 31.1 Å². The first-order valence-electron chi connectivity index (χ1n) is 5.95. The van der Waals surface area contributed by atoms with E-state index in [0.29, 0.717) is 6.54 Å². The zero-order valence-electron chi connectivity index (χ0n) is 9.74. The second kappa shape index (κ2) is 3.60. The lowest BCUT2D eigenvalue weighted by Crippen LogP contribution is -2.30. The van der Waals surface area contributed by atoms with Gasteiger partial charge in [-0.2, -0.15) is 13.2 Å². The smallest absolute Gasteiger partial charge is 0.368 e. The summed E-state index contributed by atoms with van der Waals surface area (Å²) in [6.45, 7) is 1.54. The zero-order chi connectivity index (χ0) is 13.0. The molecule has 1 spiro atoms. The van der Waals surface area contributed by atoms with Crippen molar-refractivity contribution < 1.29 is 13.2 Å². The van der Waals surface area contributed by atoms with Crippen molar-refractivity contribution in [2.24, 2.45) is 11.1 Å². The maximum absolute atomic E-state index is 12.4. The van der Waals surface area contributed by atoms with Crippen molar-refractivity contribution >= 4 is 5.69 Å².